The Morgan fingerprint density at radius 2 is 1.81 bits per heavy atom. The fraction of sp³-hybridized carbons (Fsp3) is 0.348. The van der Waals surface area contributed by atoms with Gasteiger partial charge in [-0.25, -0.2) is 4.39 Å². The van der Waals surface area contributed by atoms with Gasteiger partial charge in [-0.2, -0.15) is 0 Å². The summed E-state index contributed by atoms with van der Waals surface area (Å²) in [7, 11) is 1.63. The number of nitrogens with zero attached hydrogens (tertiary/aromatic N) is 3. The lowest BCUT2D eigenvalue weighted by molar-refractivity contribution is 0.0950. The lowest BCUT2D eigenvalue weighted by Gasteiger charge is -2.19. The Balaban J connectivity index is 1.58. The number of benzene rings is 2. The van der Waals surface area contributed by atoms with Crippen LogP contribution in [0.3, 0.4) is 0 Å². The molecular formula is C23H27FN4O3S. The summed E-state index contributed by atoms with van der Waals surface area (Å²) in [4.78, 5) is 14.6. The van der Waals surface area contributed by atoms with Crippen LogP contribution in [0, 0.1) is 5.82 Å². The second-order valence-corrected chi connectivity index (χ2v) is 8.09. The van der Waals surface area contributed by atoms with Crippen molar-refractivity contribution in [3.63, 3.8) is 0 Å². The number of hydrogen-bond acceptors (Lipinski definition) is 7. The van der Waals surface area contributed by atoms with Crippen molar-refractivity contribution in [1.82, 2.24) is 20.4 Å². The first-order valence-corrected chi connectivity index (χ1v) is 11.2. The van der Waals surface area contributed by atoms with Crippen molar-refractivity contribution in [3.8, 4) is 11.5 Å². The minimum Gasteiger partial charge on any atom is -0.493 e. The molecule has 3 rings (SSSR count). The van der Waals surface area contributed by atoms with Crippen LogP contribution in [-0.4, -0.2) is 41.3 Å². The summed E-state index contributed by atoms with van der Waals surface area (Å²) in [6, 6.07) is 11.9. The smallest absolute Gasteiger partial charge is 0.282 e. The molecule has 170 valence electrons. The first-order valence-electron chi connectivity index (χ1n) is 10.4. The molecular weight excluding hydrogens is 431 g/mol. The van der Waals surface area contributed by atoms with Crippen LogP contribution in [0.4, 0.5) is 4.39 Å². The average molecular weight is 459 g/mol. The molecule has 0 bridgehead atoms. The second kappa shape index (κ2) is 11.5. The van der Waals surface area contributed by atoms with E-state index in [-0.39, 0.29) is 11.7 Å². The van der Waals surface area contributed by atoms with Gasteiger partial charge in [-0.1, -0.05) is 36.5 Å². The molecule has 7 nitrogen and oxygen atoms in total. The molecule has 32 heavy (non-hydrogen) atoms. The number of halogens is 1. The maximum atomic E-state index is 13.0. The van der Waals surface area contributed by atoms with Gasteiger partial charge in [-0.3, -0.25) is 9.69 Å². The summed E-state index contributed by atoms with van der Waals surface area (Å²) < 4.78 is 24.0. The minimum absolute atomic E-state index is 0.294. The molecule has 0 saturated heterocycles. The van der Waals surface area contributed by atoms with E-state index in [4.69, 9.17) is 9.47 Å². The standard InChI is InChI=1S/C23H27FN4O3S/c1-4-28(14-17-8-11-19(31-5-2)20(12-17)30-3)15-21-26-27-23(32-21)22(29)25-13-16-6-9-18(24)10-7-16/h6-12H,4-5,13-15H2,1-3H3,(H,25,29). The van der Waals surface area contributed by atoms with Gasteiger partial charge in [0.15, 0.2) is 11.5 Å². The number of ether oxygens (including phenoxy) is 2. The Hall–Kier alpha value is -3.04. The SMILES string of the molecule is CCOc1ccc(CN(CC)Cc2nnc(C(=O)NCc3ccc(F)cc3)s2)cc1OC. The van der Waals surface area contributed by atoms with Crippen molar-refractivity contribution < 1.29 is 18.7 Å². The van der Waals surface area contributed by atoms with Crippen LogP contribution >= 0.6 is 11.3 Å². The molecule has 0 saturated carbocycles. The van der Waals surface area contributed by atoms with E-state index in [0.717, 1.165) is 28.4 Å². The second-order valence-electron chi connectivity index (χ2n) is 7.03. The van der Waals surface area contributed by atoms with E-state index in [2.05, 4.69) is 27.3 Å². The molecule has 0 radical (unpaired) electrons. The molecule has 1 amide bonds. The van der Waals surface area contributed by atoms with Crippen molar-refractivity contribution in [2.75, 3.05) is 20.3 Å². The van der Waals surface area contributed by atoms with E-state index in [1.54, 1.807) is 19.2 Å². The largest absolute Gasteiger partial charge is 0.493 e. The van der Waals surface area contributed by atoms with Gasteiger partial charge >= 0.3 is 0 Å². The van der Waals surface area contributed by atoms with Gasteiger partial charge in [0, 0.05) is 13.1 Å². The van der Waals surface area contributed by atoms with Crippen molar-refractivity contribution in [2.24, 2.45) is 0 Å². The third kappa shape index (κ3) is 6.48. The summed E-state index contributed by atoms with van der Waals surface area (Å²) >= 11 is 1.27. The van der Waals surface area contributed by atoms with Crippen molar-refractivity contribution in [2.45, 2.75) is 33.5 Å². The topological polar surface area (TPSA) is 76.6 Å². The highest BCUT2D eigenvalue weighted by Gasteiger charge is 2.15. The van der Waals surface area contributed by atoms with Crippen LogP contribution in [0.5, 0.6) is 11.5 Å². The van der Waals surface area contributed by atoms with Crippen molar-refractivity contribution in [1.29, 1.82) is 0 Å². The normalized spacial score (nSPS) is 10.9. The summed E-state index contributed by atoms with van der Waals surface area (Å²) in [5, 5.41) is 12.1. The van der Waals surface area contributed by atoms with E-state index in [1.165, 1.54) is 23.5 Å². The molecule has 0 aliphatic heterocycles. The molecule has 1 aromatic heterocycles. The third-order valence-corrected chi connectivity index (χ3v) is 5.67. The molecule has 1 N–H and O–H groups in total. The summed E-state index contributed by atoms with van der Waals surface area (Å²) in [6.45, 7) is 6.97. The van der Waals surface area contributed by atoms with E-state index in [1.807, 2.05) is 25.1 Å². The zero-order chi connectivity index (χ0) is 22.9. The van der Waals surface area contributed by atoms with E-state index >= 15 is 0 Å². The highest BCUT2D eigenvalue weighted by Crippen LogP contribution is 2.28. The molecule has 0 atom stereocenters. The monoisotopic (exact) mass is 458 g/mol. The molecule has 3 aromatic rings. The molecule has 2 aromatic carbocycles. The summed E-state index contributed by atoms with van der Waals surface area (Å²) in [5.74, 6) is 0.828. The van der Waals surface area contributed by atoms with Gasteiger partial charge in [-0.05, 0) is 48.9 Å². The molecule has 9 heteroatoms. The lowest BCUT2D eigenvalue weighted by Crippen LogP contribution is -2.22. The maximum absolute atomic E-state index is 13.0. The van der Waals surface area contributed by atoms with E-state index in [9.17, 15) is 9.18 Å². The number of carbonyl (C=O) groups excluding carboxylic acids is 1. The van der Waals surface area contributed by atoms with Gasteiger partial charge < -0.3 is 14.8 Å². The predicted octanol–water partition coefficient (Wildman–Crippen LogP) is 4.04. The molecule has 0 unspecified atom stereocenters. The van der Waals surface area contributed by atoms with Gasteiger partial charge in [-0.15, -0.1) is 10.2 Å². The lowest BCUT2D eigenvalue weighted by atomic mass is 10.2. The van der Waals surface area contributed by atoms with Crippen LogP contribution in [0.25, 0.3) is 0 Å². The number of carbonyl (C=O) groups is 1. The van der Waals surface area contributed by atoms with Crippen molar-refractivity contribution in [3.05, 3.63) is 69.4 Å². The molecule has 0 aliphatic rings. The van der Waals surface area contributed by atoms with E-state index < -0.39 is 0 Å². The minimum atomic E-state index is -0.307. The van der Waals surface area contributed by atoms with Gasteiger partial charge in [0.2, 0.25) is 5.01 Å². The highest BCUT2D eigenvalue weighted by molar-refractivity contribution is 7.13. The first kappa shape index (κ1) is 23.6. The number of amides is 1. The quantitative estimate of drug-likeness (QED) is 0.467. The summed E-state index contributed by atoms with van der Waals surface area (Å²) in [5.41, 5.74) is 1.90. The maximum Gasteiger partial charge on any atom is 0.282 e. The molecule has 0 fully saturated rings. The van der Waals surface area contributed by atoms with Crippen molar-refractivity contribution >= 4 is 17.2 Å². The zero-order valence-corrected chi connectivity index (χ0v) is 19.2. The van der Waals surface area contributed by atoms with Gasteiger partial charge in [0.25, 0.3) is 5.91 Å². The number of aromatic nitrogens is 2. The zero-order valence-electron chi connectivity index (χ0n) is 18.4. The fourth-order valence-electron chi connectivity index (χ4n) is 3.08. The van der Waals surface area contributed by atoms with Gasteiger partial charge in [0.1, 0.15) is 10.8 Å². The average Bonchev–Trinajstić information content (AvgIpc) is 3.27. The third-order valence-electron chi connectivity index (χ3n) is 4.77. The Labute approximate surface area is 191 Å². The molecule has 1 heterocycles. The molecule has 0 spiro atoms. The first-order chi connectivity index (χ1) is 15.5. The fourth-order valence-corrected chi connectivity index (χ4v) is 3.88. The Bertz CT molecular complexity index is 1030. The van der Waals surface area contributed by atoms with Gasteiger partial charge in [0.05, 0.1) is 20.3 Å². The Kier molecular flexibility index (Phi) is 8.52. The van der Waals surface area contributed by atoms with Crippen LogP contribution in [0.15, 0.2) is 42.5 Å². The van der Waals surface area contributed by atoms with Crippen LogP contribution in [-0.2, 0) is 19.6 Å². The summed E-state index contributed by atoms with van der Waals surface area (Å²) in [6.07, 6.45) is 0. The number of hydrogen-bond donors (Lipinski definition) is 1. The van der Waals surface area contributed by atoms with Crippen LogP contribution in [0.1, 0.15) is 39.8 Å². The number of methoxy groups -OCH3 is 1. The van der Waals surface area contributed by atoms with Crippen LogP contribution < -0.4 is 14.8 Å². The number of rotatable bonds is 11. The van der Waals surface area contributed by atoms with E-state index in [0.29, 0.717) is 37.0 Å². The number of nitrogens with one attached hydrogen (secondary N) is 1. The Morgan fingerprint density at radius 1 is 1.06 bits per heavy atom. The highest BCUT2D eigenvalue weighted by atomic mass is 32.1. The Morgan fingerprint density at radius 3 is 2.50 bits per heavy atom. The molecule has 0 aliphatic carbocycles. The predicted molar refractivity (Wildman–Crippen MR) is 121 cm³/mol. The van der Waals surface area contributed by atoms with Crippen LogP contribution in [0.2, 0.25) is 0 Å².